The SMILES string of the molecule is CCNC(=NCC(C)(O)c1ccco1)NCC(C)N1CCCC(C)C1. The van der Waals surface area contributed by atoms with E-state index in [1.165, 1.54) is 25.9 Å². The summed E-state index contributed by atoms with van der Waals surface area (Å²) in [5, 5.41) is 17.2. The molecule has 0 radical (unpaired) electrons. The van der Waals surface area contributed by atoms with E-state index in [0.29, 0.717) is 11.8 Å². The Hall–Kier alpha value is -1.53. The molecule has 142 valence electrons. The molecule has 0 aliphatic carbocycles. The summed E-state index contributed by atoms with van der Waals surface area (Å²) in [7, 11) is 0. The van der Waals surface area contributed by atoms with Crippen molar-refractivity contribution < 1.29 is 9.52 Å². The van der Waals surface area contributed by atoms with Gasteiger partial charge in [0.1, 0.15) is 11.4 Å². The molecule has 1 aromatic heterocycles. The lowest BCUT2D eigenvalue weighted by Gasteiger charge is -2.35. The van der Waals surface area contributed by atoms with Crippen molar-refractivity contribution in [3.05, 3.63) is 24.2 Å². The van der Waals surface area contributed by atoms with Gasteiger partial charge in [-0.25, -0.2) is 4.99 Å². The highest BCUT2D eigenvalue weighted by Crippen LogP contribution is 2.21. The average molecular weight is 351 g/mol. The molecule has 2 heterocycles. The van der Waals surface area contributed by atoms with Gasteiger partial charge in [0.15, 0.2) is 5.96 Å². The molecule has 3 unspecified atom stereocenters. The first-order valence-corrected chi connectivity index (χ1v) is 9.45. The van der Waals surface area contributed by atoms with Crippen molar-refractivity contribution in [1.29, 1.82) is 0 Å². The highest BCUT2D eigenvalue weighted by atomic mass is 16.4. The molecule has 25 heavy (non-hydrogen) atoms. The molecule has 0 saturated carbocycles. The molecular weight excluding hydrogens is 316 g/mol. The number of aliphatic imine (C=N–C) groups is 1. The van der Waals surface area contributed by atoms with E-state index in [2.05, 4.69) is 34.4 Å². The summed E-state index contributed by atoms with van der Waals surface area (Å²) in [6.07, 6.45) is 4.19. The molecule has 6 heteroatoms. The highest BCUT2D eigenvalue weighted by molar-refractivity contribution is 5.79. The fourth-order valence-electron chi connectivity index (χ4n) is 3.24. The molecule has 3 N–H and O–H groups in total. The Kier molecular flexibility index (Phi) is 7.32. The van der Waals surface area contributed by atoms with Gasteiger partial charge in [0.2, 0.25) is 0 Å². The van der Waals surface area contributed by atoms with Crippen LogP contribution in [0.1, 0.15) is 46.3 Å². The van der Waals surface area contributed by atoms with E-state index >= 15 is 0 Å². The normalized spacial score (nSPS) is 23.1. The number of guanidine groups is 1. The van der Waals surface area contributed by atoms with Crippen molar-refractivity contribution in [2.45, 2.75) is 52.2 Å². The second kappa shape index (κ2) is 9.25. The summed E-state index contributed by atoms with van der Waals surface area (Å²) < 4.78 is 5.31. The average Bonchev–Trinajstić information content (AvgIpc) is 3.12. The van der Waals surface area contributed by atoms with E-state index < -0.39 is 5.60 Å². The van der Waals surface area contributed by atoms with E-state index in [0.717, 1.165) is 25.0 Å². The molecule has 0 spiro atoms. The Balaban J connectivity index is 1.89. The van der Waals surface area contributed by atoms with Gasteiger partial charge in [0.05, 0.1) is 12.8 Å². The predicted molar refractivity (Wildman–Crippen MR) is 102 cm³/mol. The standard InChI is InChI=1S/C19H34N4O2/c1-5-20-18(22-14-19(4,24)17-9-7-11-25-17)21-12-16(3)23-10-6-8-15(2)13-23/h7,9,11,15-16,24H,5-6,8,10,12-14H2,1-4H3,(H2,20,21,22). The minimum Gasteiger partial charge on any atom is -0.466 e. The quantitative estimate of drug-likeness (QED) is 0.519. The summed E-state index contributed by atoms with van der Waals surface area (Å²) in [5.41, 5.74) is -1.11. The van der Waals surface area contributed by atoms with Crippen molar-refractivity contribution in [3.63, 3.8) is 0 Å². The van der Waals surface area contributed by atoms with Crippen LogP contribution in [0.3, 0.4) is 0 Å². The van der Waals surface area contributed by atoms with E-state index in [9.17, 15) is 5.11 Å². The summed E-state index contributed by atoms with van der Waals surface area (Å²) in [5.74, 6) is 2.04. The van der Waals surface area contributed by atoms with Gasteiger partial charge in [-0.2, -0.15) is 0 Å². The number of furan rings is 1. The minimum absolute atomic E-state index is 0.241. The molecule has 6 nitrogen and oxygen atoms in total. The number of nitrogens with one attached hydrogen (secondary N) is 2. The van der Waals surface area contributed by atoms with E-state index in [4.69, 9.17) is 4.42 Å². The fourth-order valence-corrected chi connectivity index (χ4v) is 3.24. The van der Waals surface area contributed by atoms with Crippen LogP contribution in [-0.2, 0) is 5.60 Å². The number of nitrogens with zero attached hydrogens (tertiary/aromatic N) is 2. The lowest BCUT2D eigenvalue weighted by Crippen LogP contribution is -2.48. The van der Waals surface area contributed by atoms with Crippen molar-refractivity contribution in [1.82, 2.24) is 15.5 Å². The minimum atomic E-state index is -1.11. The molecule has 0 bridgehead atoms. The van der Waals surface area contributed by atoms with Gasteiger partial charge in [-0.1, -0.05) is 6.92 Å². The molecule has 1 aliphatic rings. The number of rotatable bonds is 7. The van der Waals surface area contributed by atoms with Crippen LogP contribution < -0.4 is 10.6 Å². The molecule has 2 rings (SSSR count). The molecule has 0 amide bonds. The number of likely N-dealkylation sites (tertiary alicyclic amines) is 1. The lowest BCUT2D eigenvalue weighted by atomic mass is 9.99. The molecular formula is C19H34N4O2. The van der Waals surface area contributed by atoms with Gasteiger partial charge >= 0.3 is 0 Å². The molecule has 1 fully saturated rings. The third-order valence-electron chi connectivity index (χ3n) is 4.82. The van der Waals surface area contributed by atoms with Crippen LogP contribution in [0.2, 0.25) is 0 Å². The van der Waals surface area contributed by atoms with Crippen molar-refractivity contribution >= 4 is 5.96 Å². The Bertz CT molecular complexity index is 528. The number of hydrogen-bond acceptors (Lipinski definition) is 4. The monoisotopic (exact) mass is 350 g/mol. The van der Waals surface area contributed by atoms with Crippen LogP contribution in [0.15, 0.2) is 27.8 Å². The Morgan fingerprint density at radius 1 is 1.52 bits per heavy atom. The summed E-state index contributed by atoms with van der Waals surface area (Å²) in [6.45, 7) is 12.5. The third kappa shape index (κ3) is 6.04. The van der Waals surface area contributed by atoms with Crippen LogP contribution >= 0.6 is 0 Å². The van der Waals surface area contributed by atoms with Crippen molar-refractivity contribution in [2.75, 3.05) is 32.7 Å². The lowest BCUT2D eigenvalue weighted by molar-refractivity contribution is 0.0436. The molecule has 1 aliphatic heterocycles. The van der Waals surface area contributed by atoms with E-state index in [1.54, 1.807) is 25.3 Å². The zero-order valence-electron chi connectivity index (χ0n) is 16.1. The first kappa shape index (κ1) is 19.8. The Labute approximate surface area is 151 Å². The largest absolute Gasteiger partial charge is 0.466 e. The van der Waals surface area contributed by atoms with Gasteiger partial charge in [-0.15, -0.1) is 0 Å². The topological polar surface area (TPSA) is 73.0 Å². The summed E-state index contributed by atoms with van der Waals surface area (Å²) in [6, 6.07) is 4.01. The zero-order chi connectivity index (χ0) is 18.3. The van der Waals surface area contributed by atoms with Gasteiger partial charge < -0.3 is 20.2 Å². The molecule has 0 aromatic carbocycles. The second-order valence-electron chi connectivity index (χ2n) is 7.42. The maximum Gasteiger partial charge on any atom is 0.191 e. The van der Waals surface area contributed by atoms with Crippen LogP contribution in [0, 0.1) is 5.92 Å². The predicted octanol–water partition coefficient (Wildman–Crippen LogP) is 2.16. The molecule has 3 atom stereocenters. The van der Waals surface area contributed by atoms with Crippen LogP contribution in [0.4, 0.5) is 0 Å². The van der Waals surface area contributed by atoms with E-state index in [-0.39, 0.29) is 6.54 Å². The first-order valence-electron chi connectivity index (χ1n) is 9.45. The van der Waals surface area contributed by atoms with Gasteiger partial charge in [0.25, 0.3) is 0 Å². The van der Waals surface area contributed by atoms with E-state index in [1.807, 2.05) is 6.92 Å². The number of aliphatic hydroxyl groups is 1. The van der Waals surface area contributed by atoms with Crippen LogP contribution in [0.5, 0.6) is 0 Å². The Morgan fingerprint density at radius 2 is 2.32 bits per heavy atom. The number of piperidine rings is 1. The van der Waals surface area contributed by atoms with Gasteiger partial charge in [0, 0.05) is 25.7 Å². The summed E-state index contributed by atoms with van der Waals surface area (Å²) in [4.78, 5) is 7.08. The second-order valence-corrected chi connectivity index (χ2v) is 7.42. The van der Waals surface area contributed by atoms with Gasteiger partial charge in [-0.05, 0) is 58.2 Å². The first-order chi connectivity index (χ1) is 11.9. The third-order valence-corrected chi connectivity index (χ3v) is 4.82. The zero-order valence-corrected chi connectivity index (χ0v) is 16.1. The van der Waals surface area contributed by atoms with Crippen LogP contribution in [0.25, 0.3) is 0 Å². The van der Waals surface area contributed by atoms with Crippen molar-refractivity contribution in [3.8, 4) is 0 Å². The maximum atomic E-state index is 10.5. The number of hydrogen-bond donors (Lipinski definition) is 3. The van der Waals surface area contributed by atoms with Crippen molar-refractivity contribution in [2.24, 2.45) is 10.9 Å². The maximum absolute atomic E-state index is 10.5. The Morgan fingerprint density at radius 3 is 2.96 bits per heavy atom. The fraction of sp³-hybridized carbons (Fsp3) is 0.737. The highest BCUT2D eigenvalue weighted by Gasteiger charge is 2.26. The van der Waals surface area contributed by atoms with Gasteiger partial charge in [-0.3, -0.25) is 4.90 Å². The molecule has 1 aromatic rings. The smallest absolute Gasteiger partial charge is 0.191 e. The summed E-state index contributed by atoms with van der Waals surface area (Å²) >= 11 is 0. The molecule has 1 saturated heterocycles. The van der Waals surface area contributed by atoms with Crippen LogP contribution in [-0.4, -0.2) is 54.7 Å².